The number of aromatic amines is 2. The predicted molar refractivity (Wildman–Crippen MR) is 65.4 cm³/mol. The Hall–Kier alpha value is -1.89. The van der Waals surface area contributed by atoms with Crippen LogP contribution in [0, 0.1) is 0 Å². The Morgan fingerprint density at radius 3 is 2.89 bits per heavy atom. The van der Waals surface area contributed by atoms with E-state index < -0.39 is 17.1 Å². The molecule has 7 nitrogen and oxygen atoms in total. The fourth-order valence-corrected chi connectivity index (χ4v) is 1.92. The van der Waals surface area contributed by atoms with Crippen molar-refractivity contribution in [3.05, 3.63) is 26.4 Å². The molecule has 18 heavy (non-hydrogen) atoms. The molecule has 1 atom stereocenters. The fraction of sp³-hybridized carbons (Fsp3) is 0.545. The molecule has 2 rings (SSSR count). The average molecular weight is 253 g/mol. The van der Waals surface area contributed by atoms with E-state index in [1.807, 2.05) is 4.98 Å². The fourth-order valence-electron chi connectivity index (χ4n) is 1.92. The highest BCUT2D eigenvalue weighted by molar-refractivity contribution is 6.00. The molecule has 2 heterocycles. The molecular weight excluding hydrogens is 238 g/mol. The van der Waals surface area contributed by atoms with Crippen molar-refractivity contribution in [3.63, 3.8) is 0 Å². The number of aromatic hydroxyl groups is 1. The summed E-state index contributed by atoms with van der Waals surface area (Å²) >= 11 is 0. The molecule has 1 aliphatic rings. The van der Waals surface area contributed by atoms with Crippen LogP contribution in [0.25, 0.3) is 0 Å². The number of hydrogen-bond acceptors (Lipinski definition) is 5. The Morgan fingerprint density at radius 2 is 2.28 bits per heavy atom. The molecule has 7 heteroatoms. The summed E-state index contributed by atoms with van der Waals surface area (Å²) in [4.78, 5) is 30.9. The molecule has 98 valence electrons. The molecule has 1 saturated heterocycles. The molecule has 0 unspecified atom stereocenters. The Labute approximate surface area is 103 Å². The lowest BCUT2D eigenvalue weighted by Gasteiger charge is -2.07. The quantitative estimate of drug-likeness (QED) is 0.646. The molecule has 1 aromatic heterocycles. The van der Waals surface area contributed by atoms with E-state index in [4.69, 9.17) is 4.74 Å². The van der Waals surface area contributed by atoms with Crippen molar-refractivity contribution in [2.75, 3.05) is 13.2 Å². The summed E-state index contributed by atoms with van der Waals surface area (Å²) in [5.41, 5.74) is -1.02. The molecule has 0 aliphatic carbocycles. The van der Waals surface area contributed by atoms with Gasteiger partial charge in [-0.3, -0.25) is 19.8 Å². The predicted octanol–water partition coefficient (Wildman–Crippen LogP) is -0.243. The van der Waals surface area contributed by atoms with Gasteiger partial charge in [-0.05, 0) is 19.8 Å². The third-order valence-corrected chi connectivity index (χ3v) is 2.84. The monoisotopic (exact) mass is 253 g/mol. The van der Waals surface area contributed by atoms with E-state index in [9.17, 15) is 14.7 Å². The normalized spacial score (nSPS) is 20.3. The van der Waals surface area contributed by atoms with Crippen LogP contribution in [0.2, 0.25) is 0 Å². The minimum Gasteiger partial charge on any atom is -0.494 e. The Bertz CT molecular complexity index is 566. The van der Waals surface area contributed by atoms with Crippen LogP contribution in [0.15, 0.2) is 14.6 Å². The van der Waals surface area contributed by atoms with Crippen LogP contribution in [0.5, 0.6) is 5.88 Å². The Morgan fingerprint density at radius 1 is 1.50 bits per heavy atom. The van der Waals surface area contributed by atoms with Gasteiger partial charge in [-0.25, -0.2) is 4.79 Å². The average Bonchev–Trinajstić information content (AvgIpc) is 2.77. The molecule has 0 spiro atoms. The van der Waals surface area contributed by atoms with Gasteiger partial charge in [0.1, 0.15) is 5.56 Å². The lowest BCUT2D eigenvalue weighted by atomic mass is 10.2. The summed E-state index contributed by atoms with van der Waals surface area (Å²) in [7, 11) is 0. The van der Waals surface area contributed by atoms with Crippen LogP contribution in [-0.2, 0) is 4.74 Å². The van der Waals surface area contributed by atoms with Gasteiger partial charge in [0, 0.05) is 12.3 Å². The van der Waals surface area contributed by atoms with Crippen LogP contribution < -0.4 is 11.2 Å². The van der Waals surface area contributed by atoms with E-state index in [2.05, 4.69) is 9.98 Å². The Balaban J connectivity index is 2.22. The summed E-state index contributed by atoms with van der Waals surface area (Å²) in [6, 6.07) is 0. The molecule has 0 aromatic carbocycles. The highest BCUT2D eigenvalue weighted by atomic mass is 16.5. The third-order valence-electron chi connectivity index (χ3n) is 2.84. The van der Waals surface area contributed by atoms with Gasteiger partial charge >= 0.3 is 5.69 Å². The molecular formula is C11H15N3O4. The standard InChI is InChI=1S/C11H15N3O4/c1-6(12-5-7-3-2-4-18-7)8-9(15)13-11(17)14-10(8)16/h7H,2-5H2,1H3,(H3,13,14,15,16,17)/t7-/m1/s1. The largest absolute Gasteiger partial charge is 0.494 e. The van der Waals surface area contributed by atoms with Crippen LogP contribution in [0.1, 0.15) is 25.3 Å². The van der Waals surface area contributed by atoms with Gasteiger partial charge in [-0.2, -0.15) is 0 Å². The number of nitrogens with one attached hydrogen (secondary N) is 2. The van der Waals surface area contributed by atoms with Crippen molar-refractivity contribution in [2.45, 2.75) is 25.9 Å². The minimum atomic E-state index is -0.742. The number of rotatable bonds is 3. The lowest BCUT2D eigenvalue weighted by molar-refractivity contribution is 0.118. The van der Waals surface area contributed by atoms with Crippen LogP contribution in [-0.4, -0.2) is 40.0 Å². The van der Waals surface area contributed by atoms with Gasteiger partial charge in [0.25, 0.3) is 5.56 Å². The van der Waals surface area contributed by atoms with Crippen molar-refractivity contribution in [1.29, 1.82) is 0 Å². The van der Waals surface area contributed by atoms with Gasteiger partial charge < -0.3 is 9.84 Å². The number of H-pyrrole nitrogens is 2. The number of nitrogens with zero attached hydrogens (tertiary/aromatic N) is 1. The molecule has 0 radical (unpaired) electrons. The summed E-state index contributed by atoms with van der Waals surface area (Å²) in [6.45, 7) is 2.80. The zero-order chi connectivity index (χ0) is 13.1. The summed E-state index contributed by atoms with van der Waals surface area (Å²) in [6.07, 6.45) is 2.04. The molecule has 1 aromatic rings. The van der Waals surface area contributed by atoms with Gasteiger partial charge in [-0.15, -0.1) is 0 Å². The number of aromatic nitrogens is 2. The van der Waals surface area contributed by atoms with Crippen molar-refractivity contribution >= 4 is 5.71 Å². The van der Waals surface area contributed by atoms with Crippen molar-refractivity contribution in [1.82, 2.24) is 9.97 Å². The zero-order valence-corrected chi connectivity index (χ0v) is 10.0. The summed E-state index contributed by atoms with van der Waals surface area (Å²) in [5, 5.41) is 9.55. The summed E-state index contributed by atoms with van der Waals surface area (Å²) in [5.74, 6) is -0.461. The molecule has 3 N–H and O–H groups in total. The van der Waals surface area contributed by atoms with Gasteiger partial charge in [0.05, 0.1) is 12.6 Å². The molecule has 0 amide bonds. The zero-order valence-electron chi connectivity index (χ0n) is 10.0. The second kappa shape index (κ2) is 5.18. The van der Waals surface area contributed by atoms with Gasteiger partial charge in [-0.1, -0.05) is 0 Å². The van der Waals surface area contributed by atoms with Gasteiger partial charge in [0.2, 0.25) is 5.88 Å². The van der Waals surface area contributed by atoms with Crippen LogP contribution in [0.3, 0.4) is 0 Å². The molecule has 0 saturated carbocycles. The smallest absolute Gasteiger partial charge is 0.328 e. The van der Waals surface area contributed by atoms with Crippen molar-refractivity contribution in [3.8, 4) is 5.88 Å². The second-order valence-electron chi connectivity index (χ2n) is 4.19. The SMILES string of the molecule is CC(=NC[C@H]1CCCO1)c1c(O)[nH]c(=O)[nH]c1=O. The number of ether oxygens (including phenoxy) is 1. The minimum absolute atomic E-state index is 0.00685. The van der Waals surface area contributed by atoms with Crippen LogP contribution >= 0.6 is 0 Å². The maximum absolute atomic E-state index is 11.6. The lowest BCUT2D eigenvalue weighted by Crippen LogP contribution is -2.27. The first-order valence-electron chi connectivity index (χ1n) is 5.76. The van der Waals surface area contributed by atoms with E-state index in [0.717, 1.165) is 19.4 Å². The highest BCUT2D eigenvalue weighted by Gasteiger charge is 2.16. The van der Waals surface area contributed by atoms with Crippen LogP contribution in [0.4, 0.5) is 0 Å². The molecule has 0 bridgehead atoms. The molecule has 1 fully saturated rings. The third kappa shape index (κ3) is 2.67. The highest BCUT2D eigenvalue weighted by Crippen LogP contribution is 2.13. The van der Waals surface area contributed by atoms with E-state index in [1.165, 1.54) is 0 Å². The second-order valence-corrected chi connectivity index (χ2v) is 4.19. The van der Waals surface area contributed by atoms with E-state index in [-0.39, 0.29) is 11.7 Å². The first-order valence-corrected chi connectivity index (χ1v) is 5.76. The van der Waals surface area contributed by atoms with E-state index >= 15 is 0 Å². The topological polar surface area (TPSA) is 108 Å². The van der Waals surface area contributed by atoms with E-state index in [1.54, 1.807) is 6.92 Å². The maximum Gasteiger partial charge on any atom is 0.328 e. The Kier molecular flexibility index (Phi) is 3.61. The number of hydrogen-bond donors (Lipinski definition) is 3. The summed E-state index contributed by atoms with van der Waals surface area (Å²) < 4.78 is 5.41. The van der Waals surface area contributed by atoms with Crippen molar-refractivity contribution in [2.24, 2.45) is 4.99 Å². The molecule has 1 aliphatic heterocycles. The first-order chi connectivity index (χ1) is 8.58. The van der Waals surface area contributed by atoms with E-state index in [0.29, 0.717) is 12.3 Å². The maximum atomic E-state index is 11.6. The van der Waals surface area contributed by atoms with Gasteiger partial charge in [0.15, 0.2) is 0 Å². The number of aliphatic imine (C=N–C) groups is 1. The van der Waals surface area contributed by atoms with Crippen molar-refractivity contribution < 1.29 is 9.84 Å². The first kappa shape index (κ1) is 12.6.